The average Bonchev–Trinajstić information content (AvgIpc) is 2.97. The zero-order chi connectivity index (χ0) is 21.2. The first-order valence-corrected chi connectivity index (χ1v) is 9.19. The van der Waals surface area contributed by atoms with E-state index in [0.29, 0.717) is 4.80 Å². The molecule has 1 aromatic heterocycles. The van der Waals surface area contributed by atoms with Crippen molar-refractivity contribution in [1.82, 2.24) is 4.57 Å². The van der Waals surface area contributed by atoms with Crippen molar-refractivity contribution in [1.29, 1.82) is 0 Å². The lowest BCUT2D eigenvalue weighted by atomic mass is 10.2. The van der Waals surface area contributed by atoms with E-state index in [1.165, 1.54) is 18.4 Å². The SMILES string of the molecule is C#CCn1c(=NC(=O)Nc2cc(C(F)(F)F)ccc2OC)sc2cc(C)ccc21. The standard InChI is InChI=1S/C20H16F3N3O2S/c1-4-9-26-15-7-5-12(2)10-17(15)29-19(26)25-18(27)24-14-11-13(20(21,22)23)6-8-16(14)28-3/h1,5-8,10-11H,9H2,2-3H3,(H,24,27). The number of terminal acetylenes is 1. The zero-order valence-corrected chi connectivity index (χ0v) is 16.3. The monoisotopic (exact) mass is 419 g/mol. The number of aromatic nitrogens is 1. The minimum Gasteiger partial charge on any atom is -0.495 e. The fourth-order valence-corrected chi connectivity index (χ4v) is 3.85. The number of hydrogen-bond donors (Lipinski definition) is 1. The number of carbonyl (C=O) groups excluding carboxylic acids is 1. The number of urea groups is 1. The molecule has 0 spiro atoms. The van der Waals surface area contributed by atoms with Crippen molar-refractivity contribution >= 4 is 33.3 Å². The van der Waals surface area contributed by atoms with Crippen LogP contribution in [0.25, 0.3) is 10.2 Å². The fourth-order valence-electron chi connectivity index (χ4n) is 2.72. The number of rotatable bonds is 3. The van der Waals surface area contributed by atoms with Crippen LogP contribution in [0.15, 0.2) is 41.4 Å². The predicted octanol–water partition coefficient (Wildman–Crippen LogP) is 4.80. The van der Waals surface area contributed by atoms with Crippen molar-refractivity contribution in [2.75, 3.05) is 12.4 Å². The Balaban J connectivity index is 2.02. The summed E-state index contributed by atoms with van der Waals surface area (Å²) in [5, 5.41) is 2.36. The molecule has 0 aliphatic carbocycles. The minimum atomic E-state index is -4.55. The number of ether oxygens (including phenoxy) is 1. The Labute approximate surface area is 168 Å². The Kier molecular flexibility index (Phi) is 5.66. The van der Waals surface area contributed by atoms with Gasteiger partial charge in [-0.05, 0) is 42.8 Å². The molecule has 0 radical (unpaired) electrons. The number of benzene rings is 2. The van der Waals surface area contributed by atoms with Crippen LogP contribution < -0.4 is 14.9 Å². The van der Waals surface area contributed by atoms with E-state index >= 15 is 0 Å². The van der Waals surface area contributed by atoms with E-state index in [0.717, 1.165) is 34.0 Å². The maximum atomic E-state index is 13.0. The Hall–Kier alpha value is -3.25. The summed E-state index contributed by atoms with van der Waals surface area (Å²) >= 11 is 1.26. The van der Waals surface area contributed by atoms with Crippen LogP contribution in [0.3, 0.4) is 0 Å². The van der Waals surface area contributed by atoms with Crippen molar-refractivity contribution < 1.29 is 22.7 Å². The molecule has 0 unspecified atom stereocenters. The van der Waals surface area contributed by atoms with Crippen LogP contribution in [0, 0.1) is 19.3 Å². The maximum absolute atomic E-state index is 13.0. The van der Waals surface area contributed by atoms with Gasteiger partial charge in [-0.2, -0.15) is 18.2 Å². The lowest BCUT2D eigenvalue weighted by Gasteiger charge is -2.12. The first kappa shape index (κ1) is 20.5. The van der Waals surface area contributed by atoms with Gasteiger partial charge in [0.2, 0.25) is 0 Å². The van der Waals surface area contributed by atoms with Crippen molar-refractivity contribution in [2.24, 2.45) is 4.99 Å². The molecule has 0 fully saturated rings. The topological polar surface area (TPSA) is 55.6 Å². The van der Waals surface area contributed by atoms with E-state index in [-0.39, 0.29) is 18.0 Å². The fraction of sp³-hybridized carbons (Fsp3) is 0.200. The van der Waals surface area contributed by atoms with Crippen LogP contribution in [-0.4, -0.2) is 17.7 Å². The van der Waals surface area contributed by atoms with Gasteiger partial charge >= 0.3 is 12.2 Å². The second-order valence-electron chi connectivity index (χ2n) is 6.10. The van der Waals surface area contributed by atoms with Crippen LogP contribution in [0.1, 0.15) is 11.1 Å². The number of alkyl halides is 3. The molecule has 0 atom stereocenters. The third kappa shape index (κ3) is 4.43. The van der Waals surface area contributed by atoms with Gasteiger partial charge in [-0.1, -0.05) is 23.3 Å². The second-order valence-corrected chi connectivity index (χ2v) is 7.11. The van der Waals surface area contributed by atoms with Crippen molar-refractivity contribution in [2.45, 2.75) is 19.6 Å². The number of hydrogen-bond acceptors (Lipinski definition) is 3. The molecule has 0 saturated heterocycles. The summed E-state index contributed by atoms with van der Waals surface area (Å²) in [6.07, 6.45) is 0.874. The highest BCUT2D eigenvalue weighted by atomic mass is 32.1. The third-order valence-electron chi connectivity index (χ3n) is 4.05. The molecule has 0 bridgehead atoms. The quantitative estimate of drug-likeness (QED) is 0.620. The summed E-state index contributed by atoms with van der Waals surface area (Å²) in [4.78, 5) is 16.8. The normalized spacial score (nSPS) is 12.1. The van der Waals surface area contributed by atoms with E-state index in [2.05, 4.69) is 16.2 Å². The summed E-state index contributed by atoms with van der Waals surface area (Å²) in [5.74, 6) is 2.60. The van der Waals surface area contributed by atoms with Gasteiger partial charge < -0.3 is 14.6 Å². The number of nitrogens with one attached hydrogen (secondary N) is 1. The largest absolute Gasteiger partial charge is 0.495 e. The van der Waals surface area contributed by atoms with Gasteiger partial charge in [0.05, 0.1) is 35.1 Å². The third-order valence-corrected chi connectivity index (χ3v) is 5.09. The molecular formula is C20H16F3N3O2S. The molecule has 0 aliphatic rings. The van der Waals surface area contributed by atoms with E-state index in [4.69, 9.17) is 11.2 Å². The van der Waals surface area contributed by atoms with Gasteiger partial charge in [0.1, 0.15) is 5.75 Å². The number of methoxy groups -OCH3 is 1. The Morgan fingerprint density at radius 1 is 1.31 bits per heavy atom. The molecule has 1 N–H and O–H groups in total. The van der Waals surface area contributed by atoms with Gasteiger partial charge in [-0.15, -0.1) is 6.42 Å². The van der Waals surface area contributed by atoms with Gasteiger partial charge in [-0.3, -0.25) is 0 Å². The van der Waals surface area contributed by atoms with Gasteiger partial charge in [0.15, 0.2) is 4.80 Å². The first-order chi connectivity index (χ1) is 13.7. The highest BCUT2D eigenvalue weighted by molar-refractivity contribution is 7.16. The van der Waals surface area contributed by atoms with Gasteiger partial charge in [0, 0.05) is 0 Å². The van der Waals surface area contributed by atoms with Gasteiger partial charge in [-0.25, -0.2) is 4.79 Å². The Bertz CT molecular complexity index is 1190. The molecule has 0 aliphatic heterocycles. The molecule has 2 aromatic carbocycles. The second kappa shape index (κ2) is 8.01. The molecule has 3 aromatic rings. The molecule has 5 nitrogen and oxygen atoms in total. The van der Waals surface area contributed by atoms with Crippen LogP contribution in [0.4, 0.5) is 23.7 Å². The number of fused-ring (bicyclic) bond motifs is 1. The average molecular weight is 419 g/mol. The minimum absolute atomic E-state index is 0.0880. The maximum Gasteiger partial charge on any atom is 0.416 e. The summed E-state index contributed by atoms with van der Waals surface area (Å²) in [6, 6.07) is 7.72. The molecule has 3 rings (SSSR count). The predicted molar refractivity (Wildman–Crippen MR) is 106 cm³/mol. The Morgan fingerprint density at radius 3 is 2.72 bits per heavy atom. The summed E-state index contributed by atoms with van der Waals surface area (Å²) in [7, 11) is 1.30. The lowest BCUT2D eigenvalue weighted by molar-refractivity contribution is -0.137. The Morgan fingerprint density at radius 2 is 2.07 bits per heavy atom. The molecule has 1 heterocycles. The summed E-state index contributed by atoms with van der Waals surface area (Å²) in [5.41, 5.74) is 0.822. The molecule has 150 valence electrons. The molecule has 9 heteroatoms. The zero-order valence-electron chi connectivity index (χ0n) is 15.5. The highest BCUT2D eigenvalue weighted by Gasteiger charge is 2.31. The van der Waals surface area contributed by atoms with Crippen molar-refractivity contribution in [3.8, 4) is 18.1 Å². The number of nitrogens with zero attached hydrogens (tertiary/aromatic N) is 2. The number of halogens is 3. The van der Waals surface area contributed by atoms with Crippen molar-refractivity contribution in [3.63, 3.8) is 0 Å². The highest BCUT2D eigenvalue weighted by Crippen LogP contribution is 2.35. The molecule has 2 amide bonds. The van der Waals surface area contributed by atoms with Gasteiger partial charge in [0.25, 0.3) is 0 Å². The van der Waals surface area contributed by atoms with E-state index in [9.17, 15) is 18.0 Å². The van der Waals surface area contributed by atoms with E-state index in [1.54, 1.807) is 4.57 Å². The number of carbonyl (C=O) groups is 1. The first-order valence-electron chi connectivity index (χ1n) is 8.37. The molecule has 0 saturated carbocycles. The molecular weight excluding hydrogens is 403 g/mol. The van der Waals surface area contributed by atoms with Crippen LogP contribution in [0.5, 0.6) is 5.75 Å². The van der Waals surface area contributed by atoms with Crippen LogP contribution in [0.2, 0.25) is 0 Å². The number of thiazole rings is 1. The molecule has 29 heavy (non-hydrogen) atoms. The number of aryl methyl sites for hydroxylation is 1. The number of anilines is 1. The summed E-state index contributed by atoms with van der Waals surface area (Å²) < 4.78 is 46.6. The summed E-state index contributed by atoms with van der Waals surface area (Å²) in [6.45, 7) is 2.14. The lowest BCUT2D eigenvalue weighted by Crippen LogP contribution is -2.19. The smallest absolute Gasteiger partial charge is 0.416 e. The van der Waals surface area contributed by atoms with E-state index < -0.39 is 17.8 Å². The van der Waals surface area contributed by atoms with Crippen LogP contribution in [-0.2, 0) is 12.7 Å². The number of amides is 2. The van der Waals surface area contributed by atoms with Crippen LogP contribution >= 0.6 is 11.3 Å². The van der Waals surface area contributed by atoms with Crippen molar-refractivity contribution in [3.05, 3.63) is 52.3 Å². The van der Waals surface area contributed by atoms with E-state index in [1.807, 2.05) is 25.1 Å².